The zero-order valence-electron chi connectivity index (χ0n) is 2.16. The van der Waals surface area contributed by atoms with E-state index in [4.69, 9.17) is 30.6 Å². The third-order valence-electron chi connectivity index (χ3n) is 0. The normalized spacial score (nSPS) is 9.00. The van der Waals surface area contributed by atoms with Crippen molar-refractivity contribution >= 4 is 30.6 Å². The fourth-order valence-corrected chi connectivity index (χ4v) is 0. The molecule has 0 aromatic carbocycles. The quantitative estimate of drug-likeness (QED) is 0.572. The van der Waals surface area contributed by atoms with Crippen LogP contribution in [-0.4, -0.2) is 0 Å². The molecule has 0 radical (unpaired) electrons. The summed E-state index contributed by atoms with van der Waals surface area (Å²) in [7, 11) is 13.5. The van der Waals surface area contributed by atoms with Crippen molar-refractivity contribution in [3.8, 4) is 0 Å². The fraction of sp³-hybridized carbons (Fsp3) is 0. The third kappa shape index (κ3) is 33.6. The van der Waals surface area contributed by atoms with Gasteiger partial charge in [0.15, 0.2) is 0 Å². The Morgan fingerprint density at radius 1 is 1.00 bits per heavy atom. The summed E-state index contributed by atoms with van der Waals surface area (Å²) in [6, 6.07) is 0. The van der Waals surface area contributed by atoms with Crippen LogP contribution in [0.25, 0.3) is 0 Å². The Hall–Kier alpha value is 1.32. The molecule has 0 heterocycles. The summed E-state index contributed by atoms with van der Waals surface area (Å²) in [5, 5.41) is 0. The van der Waals surface area contributed by atoms with Gasteiger partial charge < -0.3 is 6.15 Å². The van der Waals surface area contributed by atoms with Gasteiger partial charge in [-0.2, -0.15) is 0 Å². The summed E-state index contributed by atoms with van der Waals surface area (Å²) in [5.41, 5.74) is 0. The first-order chi connectivity index (χ1) is 1.73. The zero-order chi connectivity index (χ0) is 3.58. The molecule has 0 rings (SSSR count). The van der Waals surface area contributed by atoms with Crippen LogP contribution in [-0.2, 0) is 10.7 Å². The summed E-state index contributed by atoms with van der Waals surface area (Å²) in [4.78, 5) is 0. The minimum absolute atomic E-state index is 0. The van der Waals surface area contributed by atoms with E-state index >= 15 is 0 Å². The van der Waals surface area contributed by atoms with Crippen molar-refractivity contribution in [3.05, 3.63) is 0 Å². The van der Waals surface area contributed by atoms with Gasteiger partial charge in [0.05, 0.1) is 0 Å². The van der Waals surface area contributed by atoms with Gasteiger partial charge in [0.25, 0.3) is 0 Å². The average Bonchev–Trinajstić information content (AvgIpc) is 0.811. The van der Waals surface area contributed by atoms with Crippen LogP contribution in [0.4, 0.5) is 0 Å². The van der Waals surface area contributed by atoms with Crippen molar-refractivity contribution in [1.29, 1.82) is 0 Å². The van der Waals surface area contributed by atoms with Gasteiger partial charge in [-0.3, -0.25) is 0 Å². The van der Waals surface area contributed by atoms with Gasteiger partial charge in [-0.1, -0.05) is 0 Å². The second-order valence-electron chi connectivity index (χ2n) is 0.136. The van der Waals surface area contributed by atoms with E-state index in [1.165, 1.54) is 0 Å². The van der Waals surface area contributed by atoms with Crippen molar-refractivity contribution in [3.63, 3.8) is 0 Å². The van der Waals surface area contributed by atoms with Gasteiger partial charge in [-0.05, 0) is 0 Å². The van der Waals surface area contributed by atoms with E-state index in [1.54, 1.807) is 0 Å². The van der Waals surface area contributed by atoms with Crippen molar-refractivity contribution in [2.45, 2.75) is 0 Å². The molecular formula is H3Cl3NNi. The van der Waals surface area contributed by atoms with Crippen LogP contribution >= 0.6 is 30.6 Å². The molecule has 0 aliphatic carbocycles. The summed E-state index contributed by atoms with van der Waals surface area (Å²) in [6.07, 6.45) is 0. The van der Waals surface area contributed by atoms with Gasteiger partial charge in [0.1, 0.15) is 0 Å². The van der Waals surface area contributed by atoms with Crippen LogP contribution < -0.4 is 6.15 Å². The molecule has 0 fully saturated rings. The molecule has 3 N–H and O–H groups in total. The summed E-state index contributed by atoms with van der Waals surface area (Å²) < 4.78 is 0. The van der Waals surface area contributed by atoms with Crippen LogP contribution in [0.1, 0.15) is 0 Å². The van der Waals surface area contributed by atoms with Crippen LogP contribution in [0.3, 0.4) is 0 Å². The Labute approximate surface area is 47.6 Å². The predicted molar refractivity (Wildman–Crippen MR) is 22.6 cm³/mol. The summed E-state index contributed by atoms with van der Waals surface area (Å²) in [6.45, 7) is 0. The Kier molecular flexibility index (Phi) is 10.2. The molecule has 1 nitrogen and oxygen atoms in total. The van der Waals surface area contributed by atoms with Crippen molar-refractivity contribution in [2.75, 3.05) is 0 Å². The maximum absolute atomic E-state index is 4.85. The Morgan fingerprint density at radius 3 is 1.00 bits per heavy atom. The molecule has 0 saturated heterocycles. The van der Waals surface area contributed by atoms with Crippen LogP contribution in [0.2, 0.25) is 0 Å². The summed E-state index contributed by atoms with van der Waals surface area (Å²) >= 11 is 0. The molecule has 0 amide bonds. The van der Waals surface area contributed by atoms with Crippen molar-refractivity contribution in [1.82, 2.24) is 6.15 Å². The monoisotopic (exact) mass is 180 g/mol. The molecule has 0 aromatic rings. The Morgan fingerprint density at radius 2 is 1.00 bits per heavy atom. The molecule has 5 heteroatoms. The fourth-order valence-electron chi connectivity index (χ4n) is 0. The maximum atomic E-state index is 4.85. The second-order valence-corrected chi connectivity index (χ2v) is 5.03. The Bertz CT molecular complexity index is 11.6. The number of halogens is 3. The van der Waals surface area contributed by atoms with E-state index < -0.39 is 10.7 Å². The van der Waals surface area contributed by atoms with Gasteiger partial charge in [0.2, 0.25) is 0 Å². The zero-order valence-corrected chi connectivity index (χ0v) is 5.41. The van der Waals surface area contributed by atoms with Crippen molar-refractivity contribution in [2.24, 2.45) is 0 Å². The molecule has 5 heavy (non-hydrogen) atoms. The third-order valence-corrected chi connectivity index (χ3v) is 0. The predicted octanol–water partition coefficient (Wildman–Crippen LogP) is 2.23. The molecular weight excluding hydrogens is 179 g/mol. The number of hydrogen-bond donors (Lipinski definition) is 1. The van der Waals surface area contributed by atoms with Gasteiger partial charge in [-0.25, -0.2) is 0 Å². The molecule has 0 atom stereocenters. The molecule has 0 aromatic heterocycles. The van der Waals surface area contributed by atoms with Gasteiger partial charge in [-0.15, -0.1) is 0 Å². The summed E-state index contributed by atoms with van der Waals surface area (Å²) in [5.74, 6) is 0. The molecule has 0 saturated carbocycles. The van der Waals surface area contributed by atoms with Crippen LogP contribution in [0.15, 0.2) is 0 Å². The first-order valence-corrected chi connectivity index (χ1v) is 4.44. The molecule has 0 aliphatic heterocycles. The van der Waals surface area contributed by atoms with Crippen molar-refractivity contribution < 1.29 is 10.7 Å². The van der Waals surface area contributed by atoms with Gasteiger partial charge in [0, 0.05) is 0 Å². The number of hydrogen-bond acceptors (Lipinski definition) is 1. The van der Waals surface area contributed by atoms with E-state index in [1.807, 2.05) is 0 Å². The van der Waals surface area contributed by atoms with E-state index in [2.05, 4.69) is 0 Å². The standard InChI is InChI=1S/3ClH.H3N.Ni/h3*1H;1H3;/q;;;;+3/p-3. The van der Waals surface area contributed by atoms with Crippen LogP contribution in [0, 0.1) is 0 Å². The second kappa shape index (κ2) is 5.32. The minimum atomic E-state index is -1.04. The van der Waals surface area contributed by atoms with E-state index in [0.717, 1.165) is 0 Å². The Balaban J connectivity index is 0. The average molecular weight is 182 g/mol. The molecule has 39 valence electrons. The van der Waals surface area contributed by atoms with E-state index in [9.17, 15) is 0 Å². The molecule has 0 unspecified atom stereocenters. The van der Waals surface area contributed by atoms with Gasteiger partial charge >= 0.3 is 41.3 Å². The topological polar surface area (TPSA) is 35.0 Å². The molecule has 0 aliphatic rings. The first-order valence-electron chi connectivity index (χ1n) is 0.359. The number of rotatable bonds is 0. The molecule has 0 spiro atoms. The SMILES string of the molecule is N.[Cl][Ni]([Cl])[Cl]. The van der Waals surface area contributed by atoms with E-state index in [-0.39, 0.29) is 6.15 Å². The molecule has 0 bridgehead atoms. The first kappa shape index (κ1) is 9.59. The van der Waals surface area contributed by atoms with Crippen LogP contribution in [0.5, 0.6) is 0 Å². The van der Waals surface area contributed by atoms with E-state index in [0.29, 0.717) is 0 Å².